The quantitative estimate of drug-likeness (QED) is 0.405. The fourth-order valence-electron chi connectivity index (χ4n) is 4.01. The van der Waals surface area contributed by atoms with Gasteiger partial charge in [-0.3, -0.25) is 9.67 Å². The van der Waals surface area contributed by atoms with E-state index in [-0.39, 0.29) is 24.0 Å². The first kappa shape index (κ1) is 21.5. The number of likely N-dealkylation sites (tertiary alicyclic amines) is 2. The molecule has 148 valence electrons. The van der Waals surface area contributed by atoms with Crippen LogP contribution in [-0.2, 0) is 7.05 Å². The lowest BCUT2D eigenvalue weighted by atomic mass is 9.94. The first-order valence-electron chi connectivity index (χ1n) is 9.86. The van der Waals surface area contributed by atoms with Gasteiger partial charge in [-0.05, 0) is 64.2 Å². The van der Waals surface area contributed by atoms with Crippen LogP contribution in [0.1, 0.15) is 44.1 Å². The summed E-state index contributed by atoms with van der Waals surface area (Å²) in [5, 5.41) is 7.82. The molecule has 7 heteroatoms. The average molecular weight is 474 g/mol. The van der Waals surface area contributed by atoms with Crippen LogP contribution in [0.4, 0.5) is 0 Å². The summed E-state index contributed by atoms with van der Waals surface area (Å²) in [4.78, 5) is 9.80. The number of hydrogen-bond donors (Lipinski definition) is 1. The number of guanidine groups is 1. The molecule has 0 saturated carbocycles. The molecular formula is C19H35IN6. The van der Waals surface area contributed by atoms with E-state index in [2.05, 4.69) is 40.4 Å². The minimum atomic E-state index is 0. The monoisotopic (exact) mass is 474 g/mol. The first-order chi connectivity index (χ1) is 12.2. The van der Waals surface area contributed by atoms with Crippen molar-refractivity contribution >= 4 is 29.9 Å². The molecule has 1 atom stereocenters. The molecule has 2 fully saturated rings. The first-order valence-corrected chi connectivity index (χ1v) is 9.86. The van der Waals surface area contributed by atoms with Crippen LogP contribution in [0.25, 0.3) is 0 Å². The van der Waals surface area contributed by atoms with Crippen LogP contribution in [0.5, 0.6) is 0 Å². The summed E-state index contributed by atoms with van der Waals surface area (Å²) in [6.07, 6.45) is 9.23. The summed E-state index contributed by atoms with van der Waals surface area (Å²) in [6, 6.07) is 0. The van der Waals surface area contributed by atoms with E-state index in [0.717, 1.165) is 38.1 Å². The molecule has 0 spiro atoms. The molecule has 1 aromatic heterocycles. The van der Waals surface area contributed by atoms with E-state index in [9.17, 15) is 0 Å². The molecule has 0 radical (unpaired) electrons. The van der Waals surface area contributed by atoms with Gasteiger partial charge in [-0.1, -0.05) is 0 Å². The van der Waals surface area contributed by atoms with Gasteiger partial charge in [-0.25, -0.2) is 0 Å². The smallest absolute Gasteiger partial charge is 0.193 e. The maximum Gasteiger partial charge on any atom is 0.193 e. The highest BCUT2D eigenvalue weighted by atomic mass is 127. The predicted octanol–water partition coefficient (Wildman–Crippen LogP) is 2.52. The standard InChI is InChI=1S/C19H34N6.HI/c1-4-20-19(21-9-5-16-6-10-23(2)11-7-16)25-12-8-17(15-25)18-13-22-24(3)14-18;/h13-14,16-17H,4-12,15H2,1-3H3,(H,20,21);1H. The second-order valence-electron chi connectivity index (χ2n) is 7.65. The number of rotatable bonds is 5. The summed E-state index contributed by atoms with van der Waals surface area (Å²) >= 11 is 0. The molecule has 0 amide bonds. The zero-order valence-electron chi connectivity index (χ0n) is 16.5. The third kappa shape index (κ3) is 5.84. The van der Waals surface area contributed by atoms with Gasteiger partial charge >= 0.3 is 0 Å². The van der Waals surface area contributed by atoms with Gasteiger partial charge < -0.3 is 15.1 Å². The minimum absolute atomic E-state index is 0. The Morgan fingerprint density at radius 2 is 2.00 bits per heavy atom. The lowest BCUT2D eigenvalue weighted by Gasteiger charge is -2.28. The van der Waals surface area contributed by atoms with E-state index in [1.165, 1.54) is 44.3 Å². The van der Waals surface area contributed by atoms with Gasteiger partial charge in [-0.2, -0.15) is 5.10 Å². The highest BCUT2D eigenvalue weighted by Gasteiger charge is 2.27. The predicted molar refractivity (Wildman–Crippen MR) is 118 cm³/mol. The van der Waals surface area contributed by atoms with E-state index in [4.69, 9.17) is 4.99 Å². The maximum absolute atomic E-state index is 4.94. The number of halogens is 1. The molecule has 3 rings (SSSR count). The number of hydrogen-bond acceptors (Lipinski definition) is 3. The van der Waals surface area contributed by atoms with E-state index in [0.29, 0.717) is 5.92 Å². The van der Waals surface area contributed by atoms with Crippen molar-refractivity contribution in [2.45, 2.75) is 38.5 Å². The van der Waals surface area contributed by atoms with Gasteiger partial charge in [-0.15, -0.1) is 24.0 Å². The van der Waals surface area contributed by atoms with Gasteiger partial charge in [0.2, 0.25) is 0 Å². The number of aryl methyl sites for hydroxylation is 1. The molecule has 1 unspecified atom stereocenters. The van der Waals surface area contributed by atoms with Crippen LogP contribution in [0, 0.1) is 5.92 Å². The van der Waals surface area contributed by atoms with Crippen molar-refractivity contribution in [2.24, 2.45) is 18.0 Å². The Labute approximate surface area is 175 Å². The maximum atomic E-state index is 4.94. The number of aromatic nitrogens is 2. The largest absolute Gasteiger partial charge is 0.357 e. The van der Waals surface area contributed by atoms with Gasteiger partial charge in [0, 0.05) is 45.3 Å². The van der Waals surface area contributed by atoms with Crippen LogP contribution in [0.3, 0.4) is 0 Å². The molecular weight excluding hydrogens is 439 g/mol. The van der Waals surface area contributed by atoms with E-state index >= 15 is 0 Å². The van der Waals surface area contributed by atoms with Crippen LogP contribution in [0.2, 0.25) is 0 Å². The molecule has 2 aliphatic rings. The Bertz CT molecular complexity index is 564. The van der Waals surface area contributed by atoms with Gasteiger partial charge in [0.25, 0.3) is 0 Å². The van der Waals surface area contributed by atoms with Crippen molar-refractivity contribution in [1.82, 2.24) is 24.9 Å². The van der Waals surface area contributed by atoms with Crippen LogP contribution < -0.4 is 5.32 Å². The lowest BCUT2D eigenvalue weighted by Crippen LogP contribution is -2.40. The van der Waals surface area contributed by atoms with Gasteiger partial charge in [0.1, 0.15) is 0 Å². The molecule has 0 bridgehead atoms. The molecule has 2 aliphatic heterocycles. The minimum Gasteiger partial charge on any atom is -0.357 e. The van der Waals surface area contributed by atoms with Crippen LogP contribution in [-0.4, -0.2) is 71.9 Å². The number of piperidine rings is 1. The van der Waals surface area contributed by atoms with Crippen LogP contribution in [0.15, 0.2) is 17.4 Å². The van der Waals surface area contributed by atoms with Crippen molar-refractivity contribution < 1.29 is 0 Å². The summed E-state index contributed by atoms with van der Waals surface area (Å²) in [7, 11) is 4.22. The SMILES string of the molecule is CCNC(=NCCC1CCN(C)CC1)N1CCC(c2cnn(C)c2)C1.I. The average Bonchev–Trinajstić information content (AvgIpc) is 3.25. The third-order valence-electron chi connectivity index (χ3n) is 5.66. The molecule has 1 aromatic rings. The fraction of sp³-hybridized carbons (Fsp3) is 0.789. The highest BCUT2D eigenvalue weighted by molar-refractivity contribution is 14.0. The van der Waals surface area contributed by atoms with Crippen molar-refractivity contribution in [3.05, 3.63) is 18.0 Å². The molecule has 6 nitrogen and oxygen atoms in total. The fourth-order valence-corrected chi connectivity index (χ4v) is 4.01. The molecule has 0 aliphatic carbocycles. The number of aliphatic imine (C=N–C) groups is 1. The van der Waals surface area contributed by atoms with Crippen molar-refractivity contribution in [1.29, 1.82) is 0 Å². The Balaban J connectivity index is 0.00000243. The van der Waals surface area contributed by atoms with Gasteiger partial charge in [0.15, 0.2) is 5.96 Å². The summed E-state index contributed by atoms with van der Waals surface area (Å²) in [5.74, 6) is 2.53. The normalized spacial score (nSPS) is 22.5. The Morgan fingerprint density at radius 3 is 2.65 bits per heavy atom. The van der Waals surface area contributed by atoms with E-state index < -0.39 is 0 Å². The second kappa shape index (κ2) is 10.5. The van der Waals surface area contributed by atoms with Crippen molar-refractivity contribution in [3.8, 4) is 0 Å². The summed E-state index contributed by atoms with van der Waals surface area (Å²) in [6.45, 7) is 8.65. The van der Waals surface area contributed by atoms with E-state index in [1.54, 1.807) is 0 Å². The Morgan fingerprint density at radius 1 is 1.23 bits per heavy atom. The number of nitrogens with zero attached hydrogens (tertiary/aromatic N) is 5. The van der Waals surface area contributed by atoms with Crippen LogP contribution >= 0.6 is 24.0 Å². The topological polar surface area (TPSA) is 48.7 Å². The van der Waals surface area contributed by atoms with Crippen molar-refractivity contribution in [3.63, 3.8) is 0 Å². The van der Waals surface area contributed by atoms with Crippen molar-refractivity contribution in [2.75, 3.05) is 46.3 Å². The van der Waals surface area contributed by atoms with Gasteiger partial charge in [0.05, 0.1) is 6.20 Å². The molecule has 0 aromatic carbocycles. The zero-order chi connectivity index (χ0) is 17.6. The summed E-state index contributed by atoms with van der Waals surface area (Å²) in [5.41, 5.74) is 1.35. The highest BCUT2D eigenvalue weighted by Crippen LogP contribution is 2.26. The molecule has 26 heavy (non-hydrogen) atoms. The zero-order valence-corrected chi connectivity index (χ0v) is 18.9. The molecule has 2 saturated heterocycles. The molecule has 1 N–H and O–H groups in total. The summed E-state index contributed by atoms with van der Waals surface area (Å²) < 4.78 is 1.90. The third-order valence-corrected chi connectivity index (χ3v) is 5.66. The lowest BCUT2D eigenvalue weighted by molar-refractivity contribution is 0.214. The number of nitrogens with one attached hydrogen (secondary N) is 1. The molecule has 3 heterocycles. The second-order valence-corrected chi connectivity index (χ2v) is 7.65. The van der Waals surface area contributed by atoms with E-state index in [1.807, 2.05) is 17.9 Å². The Kier molecular flexibility index (Phi) is 8.66. The Hall–Kier alpha value is -0.830.